The average molecular weight is 582 g/mol. The third-order valence-electron chi connectivity index (χ3n) is 8.44. The van der Waals surface area contributed by atoms with Crippen LogP contribution in [0.25, 0.3) is 0 Å². The number of hydrogen-bond donors (Lipinski definition) is 2. The standard InChI is InChI=1S/C36H43N3O4/c40-34(24-29-19-21-39(22-20-29)35(41)18-15-27-7-3-1-4-8-27)38-33(36(42)37-25-30-11-12-30)23-28-13-16-32(17-14-28)43-26-31-9-5-2-6-10-31/h1-10,13-14,16-17,29-30,33H,11-12,15,18-26H2,(H,37,42)(H,38,40)/t33-/m0/s1. The molecule has 3 aromatic rings. The van der Waals surface area contributed by atoms with Gasteiger partial charge < -0.3 is 20.3 Å². The van der Waals surface area contributed by atoms with Gasteiger partial charge in [-0.3, -0.25) is 14.4 Å². The second-order valence-corrected chi connectivity index (χ2v) is 11.9. The van der Waals surface area contributed by atoms with Crippen molar-refractivity contribution in [2.24, 2.45) is 11.8 Å². The zero-order chi connectivity index (χ0) is 29.9. The summed E-state index contributed by atoms with van der Waals surface area (Å²) in [5.41, 5.74) is 3.23. The maximum atomic E-state index is 13.1. The van der Waals surface area contributed by atoms with Crippen LogP contribution < -0.4 is 15.4 Å². The SMILES string of the molecule is O=C(CC1CCN(C(=O)CCc2ccccc2)CC1)N[C@@H](Cc1ccc(OCc2ccccc2)cc1)C(=O)NCC1CC1. The quantitative estimate of drug-likeness (QED) is 0.278. The zero-order valence-electron chi connectivity index (χ0n) is 24.9. The number of carbonyl (C=O) groups is 3. The van der Waals surface area contributed by atoms with Gasteiger partial charge in [-0.15, -0.1) is 0 Å². The Bertz CT molecular complexity index is 1320. The van der Waals surface area contributed by atoms with Crippen molar-refractivity contribution in [3.8, 4) is 5.75 Å². The number of nitrogens with one attached hydrogen (secondary N) is 2. The Kier molecular flexibility index (Phi) is 10.8. The lowest BCUT2D eigenvalue weighted by molar-refractivity contribution is -0.133. The molecule has 3 amide bonds. The molecule has 2 N–H and O–H groups in total. The van der Waals surface area contributed by atoms with Crippen LogP contribution in [-0.4, -0.2) is 48.3 Å². The molecular formula is C36H43N3O4. The molecule has 5 rings (SSSR count). The van der Waals surface area contributed by atoms with Crippen LogP contribution in [0.1, 0.15) is 55.2 Å². The van der Waals surface area contributed by atoms with E-state index in [1.807, 2.05) is 89.8 Å². The molecule has 43 heavy (non-hydrogen) atoms. The molecule has 1 aliphatic heterocycles. The van der Waals surface area contributed by atoms with Crippen LogP contribution in [0.4, 0.5) is 0 Å². The molecule has 7 nitrogen and oxygen atoms in total. The first kappa shape index (κ1) is 30.3. The van der Waals surface area contributed by atoms with Gasteiger partial charge in [0.25, 0.3) is 0 Å². The van der Waals surface area contributed by atoms with Crippen LogP contribution in [0.5, 0.6) is 5.75 Å². The van der Waals surface area contributed by atoms with Gasteiger partial charge in [-0.2, -0.15) is 0 Å². The highest BCUT2D eigenvalue weighted by Gasteiger charge is 2.28. The largest absolute Gasteiger partial charge is 0.489 e. The minimum Gasteiger partial charge on any atom is -0.489 e. The third-order valence-corrected chi connectivity index (χ3v) is 8.44. The Balaban J connectivity index is 1.09. The minimum absolute atomic E-state index is 0.108. The number of piperidine rings is 1. The second kappa shape index (κ2) is 15.4. The van der Waals surface area contributed by atoms with Gasteiger partial charge in [0.15, 0.2) is 0 Å². The molecule has 0 bridgehead atoms. The van der Waals surface area contributed by atoms with Crippen molar-refractivity contribution in [1.82, 2.24) is 15.5 Å². The van der Waals surface area contributed by atoms with E-state index in [2.05, 4.69) is 10.6 Å². The summed E-state index contributed by atoms with van der Waals surface area (Å²) in [5, 5.41) is 6.07. The van der Waals surface area contributed by atoms with E-state index in [-0.39, 0.29) is 23.6 Å². The molecule has 0 unspecified atom stereocenters. The van der Waals surface area contributed by atoms with Crippen LogP contribution in [0.2, 0.25) is 0 Å². The van der Waals surface area contributed by atoms with Gasteiger partial charge >= 0.3 is 0 Å². The fourth-order valence-electron chi connectivity index (χ4n) is 5.55. The lowest BCUT2D eigenvalue weighted by Crippen LogP contribution is -2.49. The molecule has 0 radical (unpaired) electrons. The fraction of sp³-hybridized carbons (Fsp3) is 0.417. The summed E-state index contributed by atoms with van der Waals surface area (Å²) in [6.45, 7) is 2.50. The van der Waals surface area contributed by atoms with Gasteiger partial charge in [-0.25, -0.2) is 0 Å². The van der Waals surface area contributed by atoms with E-state index in [1.54, 1.807) is 0 Å². The molecule has 2 aliphatic rings. The second-order valence-electron chi connectivity index (χ2n) is 11.9. The monoisotopic (exact) mass is 581 g/mol. The molecule has 1 saturated heterocycles. The van der Waals surface area contributed by atoms with Gasteiger partial charge in [0.1, 0.15) is 18.4 Å². The smallest absolute Gasteiger partial charge is 0.242 e. The van der Waals surface area contributed by atoms with Crippen molar-refractivity contribution < 1.29 is 19.1 Å². The Morgan fingerprint density at radius 1 is 0.767 bits per heavy atom. The molecule has 2 fully saturated rings. The van der Waals surface area contributed by atoms with Crippen LogP contribution in [0.15, 0.2) is 84.9 Å². The normalized spacial score (nSPS) is 15.9. The number of hydrogen-bond acceptors (Lipinski definition) is 4. The number of rotatable bonds is 14. The first-order valence-corrected chi connectivity index (χ1v) is 15.7. The first-order valence-electron chi connectivity index (χ1n) is 15.7. The highest BCUT2D eigenvalue weighted by molar-refractivity contribution is 5.88. The van der Waals surface area contributed by atoms with Crippen molar-refractivity contribution in [3.63, 3.8) is 0 Å². The topological polar surface area (TPSA) is 87.7 Å². The van der Waals surface area contributed by atoms with Crippen LogP contribution >= 0.6 is 0 Å². The fourth-order valence-corrected chi connectivity index (χ4v) is 5.55. The highest BCUT2D eigenvalue weighted by atomic mass is 16.5. The summed E-state index contributed by atoms with van der Waals surface area (Å²) in [4.78, 5) is 40.9. The summed E-state index contributed by atoms with van der Waals surface area (Å²) in [7, 11) is 0. The molecule has 1 atom stereocenters. The molecule has 7 heteroatoms. The Hall–Kier alpha value is -4.13. The molecule has 3 aromatic carbocycles. The van der Waals surface area contributed by atoms with E-state index >= 15 is 0 Å². The van der Waals surface area contributed by atoms with Crippen LogP contribution in [-0.2, 0) is 33.8 Å². The Labute approximate surface area is 255 Å². The maximum absolute atomic E-state index is 13.1. The van der Waals surface area contributed by atoms with Crippen molar-refractivity contribution in [2.45, 2.75) is 64.0 Å². The molecule has 226 valence electrons. The lowest BCUT2D eigenvalue weighted by Gasteiger charge is -2.32. The number of amides is 3. The third kappa shape index (κ3) is 9.98. The van der Waals surface area contributed by atoms with Crippen LogP contribution in [0, 0.1) is 11.8 Å². The van der Waals surface area contributed by atoms with E-state index in [4.69, 9.17) is 4.74 Å². The van der Waals surface area contributed by atoms with Crippen molar-refractivity contribution in [2.75, 3.05) is 19.6 Å². The summed E-state index contributed by atoms with van der Waals surface area (Å²) >= 11 is 0. The summed E-state index contributed by atoms with van der Waals surface area (Å²) in [5.74, 6) is 1.45. The van der Waals surface area contributed by atoms with Gasteiger partial charge in [-0.05, 0) is 72.8 Å². The van der Waals surface area contributed by atoms with Gasteiger partial charge in [0.2, 0.25) is 17.7 Å². The predicted molar refractivity (Wildman–Crippen MR) is 167 cm³/mol. The van der Waals surface area contributed by atoms with E-state index in [0.29, 0.717) is 51.4 Å². The van der Waals surface area contributed by atoms with Gasteiger partial charge in [0, 0.05) is 38.9 Å². The van der Waals surface area contributed by atoms with Crippen molar-refractivity contribution >= 4 is 17.7 Å². The van der Waals surface area contributed by atoms with Gasteiger partial charge in [-0.1, -0.05) is 72.8 Å². The summed E-state index contributed by atoms with van der Waals surface area (Å²) in [6, 6.07) is 27.2. The number of aryl methyl sites for hydroxylation is 1. The van der Waals surface area contributed by atoms with E-state index in [1.165, 1.54) is 5.56 Å². The predicted octanol–water partition coefficient (Wildman–Crippen LogP) is 5.08. The number of likely N-dealkylation sites (tertiary alicyclic amines) is 1. The number of ether oxygens (including phenoxy) is 1. The molecule has 0 spiro atoms. The Morgan fingerprint density at radius 2 is 1.42 bits per heavy atom. The van der Waals surface area contributed by atoms with Crippen molar-refractivity contribution in [1.29, 1.82) is 0 Å². The number of benzene rings is 3. The molecule has 0 aromatic heterocycles. The summed E-state index contributed by atoms with van der Waals surface area (Å²) < 4.78 is 5.90. The molecule has 1 aliphatic carbocycles. The van der Waals surface area contributed by atoms with E-state index in [9.17, 15) is 14.4 Å². The average Bonchev–Trinajstić information content (AvgIpc) is 3.88. The molecule has 1 heterocycles. The van der Waals surface area contributed by atoms with E-state index in [0.717, 1.165) is 49.0 Å². The Morgan fingerprint density at radius 3 is 2.07 bits per heavy atom. The summed E-state index contributed by atoms with van der Waals surface area (Å²) in [6.07, 6.45) is 5.92. The lowest BCUT2D eigenvalue weighted by atomic mass is 9.92. The molecule has 1 saturated carbocycles. The minimum atomic E-state index is -0.637. The van der Waals surface area contributed by atoms with Crippen LogP contribution in [0.3, 0.4) is 0 Å². The first-order chi connectivity index (χ1) is 21.0. The van der Waals surface area contributed by atoms with Crippen molar-refractivity contribution in [3.05, 3.63) is 102 Å². The van der Waals surface area contributed by atoms with Gasteiger partial charge in [0.05, 0.1) is 0 Å². The number of nitrogens with zero attached hydrogens (tertiary/aromatic N) is 1. The van der Waals surface area contributed by atoms with E-state index < -0.39 is 6.04 Å². The zero-order valence-corrected chi connectivity index (χ0v) is 24.9. The number of carbonyl (C=O) groups excluding carboxylic acids is 3. The maximum Gasteiger partial charge on any atom is 0.242 e. The highest BCUT2D eigenvalue weighted by Crippen LogP contribution is 2.27. The molecular weight excluding hydrogens is 538 g/mol.